The number of carbonyl (C=O) groups excluding carboxylic acids is 1. The van der Waals surface area contributed by atoms with Crippen molar-refractivity contribution < 1.29 is 4.79 Å². The van der Waals surface area contributed by atoms with Crippen molar-refractivity contribution in [2.45, 2.75) is 19.4 Å². The van der Waals surface area contributed by atoms with Gasteiger partial charge in [0.05, 0.1) is 11.2 Å². The number of nitrogens with zero attached hydrogens (tertiary/aromatic N) is 1. The number of benzene rings is 1. The molecule has 0 atom stereocenters. The first-order valence-corrected chi connectivity index (χ1v) is 5.63. The molecule has 0 aliphatic carbocycles. The minimum Gasteiger partial charge on any atom is -0.397 e. The van der Waals surface area contributed by atoms with Gasteiger partial charge in [-0.1, -0.05) is 0 Å². The second kappa shape index (κ2) is 4.18. The number of aromatic nitrogens is 1. The van der Waals surface area contributed by atoms with Crippen molar-refractivity contribution >= 4 is 28.2 Å². The Balaban J connectivity index is 2.53. The van der Waals surface area contributed by atoms with E-state index in [2.05, 4.69) is 10.3 Å². The van der Waals surface area contributed by atoms with Crippen LogP contribution in [0.25, 0.3) is 10.9 Å². The molecular weight excluding hydrogens is 228 g/mol. The standard InChI is InChI=1S/C13H16N4O/c1-13(2,12(15)18)17-10-6-5-9(14)11-8(10)4-3-7-16-11/h3-7,17H,14H2,1-2H3,(H2,15,18). The van der Waals surface area contributed by atoms with Gasteiger partial charge in [-0.2, -0.15) is 0 Å². The average Bonchev–Trinajstić information content (AvgIpc) is 2.33. The lowest BCUT2D eigenvalue weighted by Gasteiger charge is -2.24. The number of primary amides is 1. The molecule has 5 nitrogen and oxygen atoms in total. The van der Waals surface area contributed by atoms with Gasteiger partial charge in [-0.3, -0.25) is 9.78 Å². The van der Waals surface area contributed by atoms with E-state index in [0.717, 1.165) is 11.1 Å². The lowest BCUT2D eigenvalue weighted by molar-refractivity contribution is -0.121. The summed E-state index contributed by atoms with van der Waals surface area (Å²) < 4.78 is 0. The number of nitrogens with two attached hydrogens (primary N) is 2. The molecule has 0 aliphatic rings. The number of pyridine rings is 1. The van der Waals surface area contributed by atoms with Gasteiger partial charge in [0.1, 0.15) is 5.54 Å². The van der Waals surface area contributed by atoms with Crippen molar-refractivity contribution in [3.8, 4) is 0 Å². The van der Waals surface area contributed by atoms with Crippen molar-refractivity contribution in [2.24, 2.45) is 5.73 Å². The summed E-state index contributed by atoms with van der Waals surface area (Å²) >= 11 is 0. The zero-order valence-electron chi connectivity index (χ0n) is 10.4. The van der Waals surface area contributed by atoms with E-state index in [1.165, 1.54) is 0 Å². The van der Waals surface area contributed by atoms with Gasteiger partial charge in [0.15, 0.2) is 0 Å². The Kier molecular flexibility index (Phi) is 2.82. The predicted octanol–water partition coefficient (Wildman–Crippen LogP) is 1.49. The molecule has 18 heavy (non-hydrogen) atoms. The number of carbonyl (C=O) groups is 1. The van der Waals surface area contributed by atoms with E-state index in [9.17, 15) is 4.79 Å². The molecule has 94 valence electrons. The van der Waals surface area contributed by atoms with Gasteiger partial charge in [-0.25, -0.2) is 0 Å². The molecule has 2 rings (SSSR count). The zero-order chi connectivity index (χ0) is 13.3. The Morgan fingerprint density at radius 1 is 1.33 bits per heavy atom. The minimum atomic E-state index is -0.834. The van der Waals surface area contributed by atoms with Gasteiger partial charge in [-0.05, 0) is 38.1 Å². The van der Waals surface area contributed by atoms with E-state index in [0.29, 0.717) is 11.2 Å². The summed E-state index contributed by atoms with van der Waals surface area (Å²) in [4.78, 5) is 15.6. The molecule has 0 spiro atoms. The summed E-state index contributed by atoms with van der Waals surface area (Å²) in [7, 11) is 0. The fraction of sp³-hybridized carbons (Fsp3) is 0.231. The van der Waals surface area contributed by atoms with Gasteiger partial charge in [-0.15, -0.1) is 0 Å². The molecule has 1 amide bonds. The monoisotopic (exact) mass is 244 g/mol. The number of rotatable bonds is 3. The molecule has 0 saturated heterocycles. The molecular formula is C13H16N4O. The maximum absolute atomic E-state index is 11.3. The summed E-state index contributed by atoms with van der Waals surface area (Å²) in [6, 6.07) is 7.31. The number of nitrogens with one attached hydrogen (secondary N) is 1. The Morgan fingerprint density at radius 3 is 2.72 bits per heavy atom. The molecule has 0 unspecified atom stereocenters. The molecule has 5 N–H and O–H groups in total. The molecule has 0 bridgehead atoms. The fourth-order valence-electron chi connectivity index (χ4n) is 1.70. The van der Waals surface area contributed by atoms with Crippen molar-refractivity contribution in [3.63, 3.8) is 0 Å². The van der Waals surface area contributed by atoms with Crippen molar-refractivity contribution in [2.75, 3.05) is 11.1 Å². The number of hydrogen-bond donors (Lipinski definition) is 3. The van der Waals surface area contributed by atoms with Crippen molar-refractivity contribution in [3.05, 3.63) is 30.5 Å². The topological polar surface area (TPSA) is 94.0 Å². The number of fused-ring (bicyclic) bond motifs is 1. The highest BCUT2D eigenvalue weighted by Crippen LogP contribution is 2.28. The molecule has 0 fully saturated rings. The maximum atomic E-state index is 11.3. The van der Waals surface area contributed by atoms with Crippen LogP contribution in [0.5, 0.6) is 0 Å². The quantitative estimate of drug-likeness (QED) is 0.713. The largest absolute Gasteiger partial charge is 0.397 e. The van der Waals surface area contributed by atoms with E-state index < -0.39 is 11.4 Å². The van der Waals surface area contributed by atoms with Gasteiger partial charge in [0.25, 0.3) is 0 Å². The second-order valence-electron chi connectivity index (χ2n) is 4.72. The van der Waals surface area contributed by atoms with Gasteiger partial charge >= 0.3 is 0 Å². The summed E-state index contributed by atoms with van der Waals surface area (Å²) in [5.74, 6) is -0.420. The molecule has 1 heterocycles. The smallest absolute Gasteiger partial charge is 0.242 e. The zero-order valence-corrected chi connectivity index (χ0v) is 10.4. The SMILES string of the molecule is CC(C)(Nc1ccc(N)c2ncccc12)C(N)=O. The number of nitrogen functional groups attached to an aromatic ring is 1. The summed E-state index contributed by atoms with van der Waals surface area (Å²) in [6.45, 7) is 3.46. The lowest BCUT2D eigenvalue weighted by Crippen LogP contribution is -2.45. The maximum Gasteiger partial charge on any atom is 0.242 e. The van der Waals surface area contributed by atoms with Gasteiger partial charge in [0, 0.05) is 17.3 Å². The lowest BCUT2D eigenvalue weighted by atomic mass is 10.0. The van der Waals surface area contributed by atoms with Crippen LogP contribution in [-0.2, 0) is 4.79 Å². The molecule has 1 aromatic heterocycles. The Hall–Kier alpha value is -2.30. The normalized spacial score (nSPS) is 11.4. The average molecular weight is 244 g/mol. The van der Waals surface area contributed by atoms with Crippen LogP contribution < -0.4 is 16.8 Å². The molecule has 0 aliphatic heterocycles. The third-order valence-corrected chi connectivity index (χ3v) is 2.86. The third kappa shape index (κ3) is 2.07. The summed E-state index contributed by atoms with van der Waals surface area (Å²) in [6.07, 6.45) is 1.68. The van der Waals surface area contributed by atoms with E-state index in [1.807, 2.05) is 18.2 Å². The molecule has 1 aromatic carbocycles. The van der Waals surface area contributed by atoms with Gasteiger partial charge in [0.2, 0.25) is 5.91 Å². The highest BCUT2D eigenvalue weighted by atomic mass is 16.1. The second-order valence-corrected chi connectivity index (χ2v) is 4.72. The van der Waals surface area contributed by atoms with Crippen LogP contribution in [0, 0.1) is 0 Å². The highest BCUT2D eigenvalue weighted by molar-refractivity contribution is 6.00. The van der Waals surface area contributed by atoms with E-state index in [-0.39, 0.29) is 0 Å². The van der Waals surface area contributed by atoms with Crippen LogP contribution in [0.2, 0.25) is 0 Å². The van der Waals surface area contributed by atoms with Crippen molar-refractivity contribution in [1.82, 2.24) is 4.98 Å². The molecule has 0 radical (unpaired) electrons. The minimum absolute atomic E-state index is 0.420. The van der Waals surface area contributed by atoms with Crippen LogP contribution in [-0.4, -0.2) is 16.4 Å². The molecule has 0 saturated carbocycles. The van der Waals surface area contributed by atoms with E-state index in [4.69, 9.17) is 11.5 Å². The van der Waals surface area contributed by atoms with Crippen LogP contribution in [0.4, 0.5) is 11.4 Å². The highest BCUT2D eigenvalue weighted by Gasteiger charge is 2.25. The fourth-order valence-corrected chi connectivity index (χ4v) is 1.70. The number of anilines is 2. The Morgan fingerprint density at radius 2 is 2.06 bits per heavy atom. The predicted molar refractivity (Wildman–Crippen MR) is 73.1 cm³/mol. The first-order chi connectivity index (χ1) is 8.42. The van der Waals surface area contributed by atoms with Gasteiger partial charge < -0.3 is 16.8 Å². The number of hydrogen-bond acceptors (Lipinski definition) is 4. The first-order valence-electron chi connectivity index (χ1n) is 5.63. The number of amides is 1. The van der Waals surface area contributed by atoms with E-state index >= 15 is 0 Å². The van der Waals surface area contributed by atoms with E-state index in [1.54, 1.807) is 26.1 Å². The van der Waals surface area contributed by atoms with Crippen LogP contribution in [0.15, 0.2) is 30.5 Å². The van der Waals surface area contributed by atoms with Crippen LogP contribution >= 0.6 is 0 Å². The van der Waals surface area contributed by atoms with Crippen LogP contribution in [0.3, 0.4) is 0 Å². The molecule has 2 aromatic rings. The first kappa shape index (κ1) is 12.2. The van der Waals surface area contributed by atoms with Crippen molar-refractivity contribution in [1.29, 1.82) is 0 Å². The Bertz CT molecular complexity index is 607. The molecule has 5 heteroatoms. The summed E-state index contributed by atoms with van der Waals surface area (Å²) in [5, 5.41) is 3.99. The Labute approximate surface area is 105 Å². The van der Waals surface area contributed by atoms with Crippen LogP contribution in [0.1, 0.15) is 13.8 Å². The third-order valence-electron chi connectivity index (χ3n) is 2.86. The summed E-state index contributed by atoms with van der Waals surface area (Å²) in [5.41, 5.74) is 12.5.